The lowest BCUT2D eigenvalue weighted by Crippen LogP contribution is -2.48. The van der Waals surface area contributed by atoms with Crippen LogP contribution in [0.5, 0.6) is 5.75 Å². The molecule has 4 rings (SSSR count). The van der Waals surface area contributed by atoms with Crippen molar-refractivity contribution in [3.8, 4) is 5.75 Å². The molecule has 3 aromatic rings. The molecule has 26 heavy (non-hydrogen) atoms. The number of thiazole rings is 1. The number of aryl methyl sites for hydroxylation is 1. The van der Waals surface area contributed by atoms with Crippen LogP contribution in [0.4, 0.5) is 5.13 Å². The van der Waals surface area contributed by atoms with Gasteiger partial charge in [-0.3, -0.25) is 4.79 Å². The van der Waals surface area contributed by atoms with Crippen molar-refractivity contribution in [2.75, 3.05) is 38.2 Å². The van der Waals surface area contributed by atoms with Crippen LogP contribution in [0.2, 0.25) is 0 Å². The van der Waals surface area contributed by atoms with E-state index in [2.05, 4.69) is 30.0 Å². The number of carbonyl (C=O) groups excluding carboxylic acids is 1. The van der Waals surface area contributed by atoms with Gasteiger partial charge in [-0.15, -0.1) is 0 Å². The summed E-state index contributed by atoms with van der Waals surface area (Å²) < 4.78 is 6.44. The maximum absolute atomic E-state index is 12.7. The highest BCUT2D eigenvalue weighted by atomic mass is 32.1. The first-order valence-corrected chi connectivity index (χ1v) is 9.52. The molecule has 0 N–H and O–H groups in total. The van der Waals surface area contributed by atoms with Gasteiger partial charge in [-0.25, -0.2) is 4.98 Å². The number of carbonyl (C=O) groups is 1. The highest BCUT2D eigenvalue weighted by Crippen LogP contribution is 2.31. The van der Waals surface area contributed by atoms with Gasteiger partial charge >= 0.3 is 0 Å². The van der Waals surface area contributed by atoms with Crippen molar-refractivity contribution in [2.45, 2.75) is 6.92 Å². The van der Waals surface area contributed by atoms with Gasteiger partial charge in [0, 0.05) is 31.7 Å². The zero-order valence-corrected chi connectivity index (χ0v) is 15.8. The topological polar surface area (TPSA) is 45.7 Å². The van der Waals surface area contributed by atoms with Crippen LogP contribution in [0.25, 0.3) is 10.2 Å². The quantitative estimate of drug-likeness (QED) is 0.710. The van der Waals surface area contributed by atoms with E-state index in [4.69, 9.17) is 9.72 Å². The Morgan fingerprint density at radius 2 is 1.88 bits per heavy atom. The molecule has 0 bridgehead atoms. The number of methoxy groups -OCH3 is 1. The predicted octanol–water partition coefficient (Wildman–Crippen LogP) is 3.58. The Morgan fingerprint density at radius 1 is 1.12 bits per heavy atom. The van der Waals surface area contributed by atoms with Crippen molar-refractivity contribution in [1.29, 1.82) is 0 Å². The van der Waals surface area contributed by atoms with E-state index in [9.17, 15) is 4.79 Å². The van der Waals surface area contributed by atoms with Gasteiger partial charge < -0.3 is 14.5 Å². The van der Waals surface area contributed by atoms with Gasteiger partial charge in [0.2, 0.25) is 0 Å². The number of anilines is 1. The molecule has 134 valence electrons. The largest absolute Gasteiger partial charge is 0.497 e. The third-order valence-corrected chi connectivity index (χ3v) is 5.84. The molecule has 0 radical (unpaired) electrons. The average Bonchev–Trinajstić information content (AvgIpc) is 3.13. The van der Waals surface area contributed by atoms with Crippen molar-refractivity contribution >= 4 is 32.6 Å². The molecule has 1 amide bonds. The number of hydrogen-bond donors (Lipinski definition) is 0. The Kier molecular flexibility index (Phi) is 4.51. The van der Waals surface area contributed by atoms with Crippen LogP contribution < -0.4 is 9.64 Å². The average molecular weight is 367 g/mol. The van der Waals surface area contributed by atoms with Crippen molar-refractivity contribution < 1.29 is 9.53 Å². The summed E-state index contributed by atoms with van der Waals surface area (Å²) in [4.78, 5) is 21.7. The number of amides is 1. The number of piperazine rings is 1. The Bertz CT molecular complexity index is 945. The zero-order valence-electron chi connectivity index (χ0n) is 14.9. The number of rotatable bonds is 3. The fourth-order valence-electron chi connectivity index (χ4n) is 3.25. The highest BCUT2D eigenvalue weighted by molar-refractivity contribution is 7.22. The molecule has 0 unspecified atom stereocenters. The summed E-state index contributed by atoms with van der Waals surface area (Å²) >= 11 is 1.72. The van der Waals surface area contributed by atoms with Crippen LogP contribution in [0.1, 0.15) is 15.9 Å². The summed E-state index contributed by atoms with van der Waals surface area (Å²) in [5.41, 5.74) is 2.97. The number of ether oxygens (including phenoxy) is 1. The number of hydrogen-bond acceptors (Lipinski definition) is 5. The fourth-order valence-corrected chi connectivity index (χ4v) is 4.34. The van der Waals surface area contributed by atoms with E-state index < -0.39 is 0 Å². The normalized spacial score (nSPS) is 14.7. The molecule has 1 aromatic heterocycles. The Hall–Kier alpha value is -2.60. The second-order valence-corrected chi connectivity index (χ2v) is 7.44. The minimum atomic E-state index is 0.0590. The summed E-state index contributed by atoms with van der Waals surface area (Å²) in [7, 11) is 1.61. The monoisotopic (exact) mass is 367 g/mol. The van der Waals surface area contributed by atoms with Crippen molar-refractivity contribution in [2.24, 2.45) is 0 Å². The van der Waals surface area contributed by atoms with Gasteiger partial charge in [-0.1, -0.05) is 29.5 Å². The maximum atomic E-state index is 12.7. The van der Waals surface area contributed by atoms with Gasteiger partial charge in [-0.05, 0) is 36.8 Å². The number of aromatic nitrogens is 1. The van der Waals surface area contributed by atoms with Gasteiger partial charge in [0.05, 0.1) is 17.3 Å². The minimum Gasteiger partial charge on any atom is -0.497 e. The lowest BCUT2D eigenvalue weighted by molar-refractivity contribution is 0.0746. The molecule has 0 saturated carbocycles. The SMILES string of the molecule is COc1cccc(C(=O)N2CCN(c3nc4c(C)cccc4s3)CC2)c1. The minimum absolute atomic E-state index is 0.0590. The first-order chi connectivity index (χ1) is 12.7. The Labute approximate surface area is 156 Å². The van der Waals surface area contributed by atoms with Crippen LogP contribution >= 0.6 is 11.3 Å². The van der Waals surface area contributed by atoms with E-state index >= 15 is 0 Å². The second kappa shape index (κ2) is 6.96. The van der Waals surface area contributed by atoms with Gasteiger partial charge in [0.25, 0.3) is 5.91 Å². The molecule has 0 aliphatic carbocycles. The van der Waals surface area contributed by atoms with Crippen molar-refractivity contribution in [1.82, 2.24) is 9.88 Å². The van der Waals surface area contributed by atoms with Gasteiger partial charge in [-0.2, -0.15) is 0 Å². The lowest BCUT2D eigenvalue weighted by Gasteiger charge is -2.34. The third kappa shape index (κ3) is 3.12. The molecule has 5 nitrogen and oxygen atoms in total. The fraction of sp³-hybridized carbons (Fsp3) is 0.300. The lowest BCUT2D eigenvalue weighted by atomic mass is 10.1. The second-order valence-electron chi connectivity index (χ2n) is 6.43. The van der Waals surface area contributed by atoms with Crippen LogP contribution in [-0.2, 0) is 0 Å². The number of nitrogens with zero attached hydrogens (tertiary/aromatic N) is 3. The molecule has 1 aliphatic rings. The third-order valence-electron chi connectivity index (χ3n) is 4.76. The molecule has 6 heteroatoms. The van der Waals surface area contributed by atoms with Crippen LogP contribution in [0, 0.1) is 6.92 Å². The number of para-hydroxylation sites is 1. The van der Waals surface area contributed by atoms with E-state index in [-0.39, 0.29) is 5.91 Å². The smallest absolute Gasteiger partial charge is 0.254 e. The summed E-state index contributed by atoms with van der Waals surface area (Å²) in [6.45, 7) is 5.09. The Morgan fingerprint density at radius 3 is 2.62 bits per heavy atom. The first-order valence-electron chi connectivity index (χ1n) is 8.70. The van der Waals surface area contributed by atoms with E-state index in [0.717, 1.165) is 23.7 Å². The molecular formula is C20H21N3O2S. The van der Waals surface area contributed by atoms with Crippen LogP contribution in [0.15, 0.2) is 42.5 Å². The van der Waals surface area contributed by atoms with E-state index in [1.165, 1.54) is 10.3 Å². The summed E-state index contributed by atoms with van der Waals surface area (Å²) in [6.07, 6.45) is 0. The first kappa shape index (κ1) is 16.8. The summed E-state index contributed by atoms with van der Waals surface area (Å²) in [5, 5.41) is 1.04. The molecule has 1 saturated heterocycles. The predicted molar refractivity (Wildman–Crippen MR) is 105 cm³/mol. The molecule has 1 aliphatic heterocycles. The van der Waals surface area contributed by atoms with Crippen LogP contribution in [-0.4, -0.2) is 49.1 Å². The summed E-state index contributed by atoms with van der Waals surface area (Å²) in [5.74, 6) is 0.767. The van der Waals surface area contributed by atoms with Gasteiger partial charge in [0.15, 0.2) is 5.13 Å². The molecule has 2 heterocycles. The highest BCUT2D eigenvalue weighted by Gasteiger charge is 2.24. The van der Waals surface area contributed by atoms with Gasteiger partial charge in [0.1, 0.15) is 5.75 Å². The molecule has 0 spiro atoms. The molecular weight excluding hydrogens is 346 g/mol. The van der Waals surface area contributed by atoms with Crippen molar-refractivity contribution in [3.63, 3.8) is 0 Å². The number of benzene rings is 2. The van der Waals surface area contributed by atoms with Crippen LogP contribution in [0.3, 0.4) is 0 Å². The van der Waals surface area contributed by atoms with E-state index in [1.54, 1.807) is 24.5 Å². The Balaban J connectivity index is 1.46. The molecule has 2 aromatic carbocycles. The standard InChI is InChI=1S/C20H21N3O2S/c1-14-5-3-8-17-18(14)21-20(26-17)23-11-9-22(10-12-23)19(24)15-6-4-7-16(13-15)25-2/h3-8,13H,9-12H2,1-2H3. The summed E-state index contributed by atoms with van der Waals surface area (Å²) in [6, 6.07) is 13.6. The maximum Gasteiger partial charge on any atom is 0.254 e. The van der Waals surface area contributed by atoms with E-state index in [1.807, 2.05) is 23.1 Å². The molecule has 0 atom stereocenters. The number of fused-ring (bicyclic) bond motifs is 1. The molecule has 1 fully saturated rings. The van der Waals surface area contributed by atoms with E-state index in [0.29, 0.717) is 24.4 Å². The van der Waals surface area contributed by atoms with Crippen molar-refractivity contribution in [3.05, 3.63) is 53.6 Å². The zero-order chi connectivity index (χ0) is 18.1.